The van der Waals surface area contributed by atoms with Gasteiger partial charge < -0.3 is 9.88 Å². The Kier molecular flexibility index (Phi) is 4.23. The molecule has 1 aromatic heterocycles. The molecule has 0 atom stereocenters. The standard InChI is InChI=1S/C15H24N2O/c1-11-12(2)16-13(3)15(11)14(18)7-10-17-8-5-4-6-9-17/h16H,4-10H2,1-3H3. The van der Waals surface area contributed by atoms with E-state index >= 15 is 0 Å². The Morgan fingerprint density at radius 2 is 1.78 bits per heavy atom. The summed E-state index contributed by atoms with van der Waals surface area (Å²) in [5.41, 5.74) is 4.18. The zero-order valence-corrected chi connectivity index (χ0v) is 11.8. The summed E-state index contributed by atoms with van der Waals surface area (Å²) in [6, 6.07) is 0. The number of nitrogens with zero attached hydrogens (tertiary/aromatic N) is 1. The molecule has 2 rings (SSSR count). The Hall–Kier alpha value is -1.09. The van der Waals surface area contributed by atoms with Gasteiger partial charge in [0.25, 0.3) is 0 Å². The molecule has 0 radical (unpaired) electrons. The average molecular weight is 248 g/mol. The molecule has 0 saturated carbocycles. The third-order valence-electron chi connectivity index (χ3n) is 4.07. The summed E-state index contributed by atoms with van der Waals surface area (Å²) >= 11 is 0. The molecule has 1 aliphatic heterocycles. The van der Waals surface area contributed by atoms with Crippen LogP contribution in [0.1, 0.15) is 53.0 Å². The maximum absolute atomic E-state index is 12.3. The number of hydrogen-bond donors (Lipinski definition) is 1. The van der Waals surface area contributed by atoms with Crippen LogP contribution in [-0.2, 0) is 0 Å². The Labute approximate surface area is 110 Å². The third-order valence-corrected chi connectivity index (χ3v) is 4.07. The van der Waals surface area contributed by atoms with Crippen LogP contribution in [0, 0.1) is 20.8 Å². The van der Waals surface area contributed by atoms with Gasteiger partial charge in [-0.15, -0.1) is 0 Å². The SMILES string of the molecule is Cc1[nH]c(C)c(C(=O)CCN2CCCCC2)c1C. The monoisotopic (exact) mass is 248 g/mol. The molecule has 100 valence electrons. The predicted octanol–water partition coefficient (Wildman–Crippen LogP) is 3.00. The van der Waals surface area contributed by atoms with Crippen LogP contribution in [0.15, 0.2) is 0 Å². The molecule has 0 unspecified atom stereocenters. The third kappa shape index (κ3) is 2.83. The summed E-state index contributed by atoms with van der Waals surface area (Å²) in [7, 11) is 0. The van der Waals surface area contributed by atoms with Crippen molar-refractivity contribution in [1.82, 2.24) is 9.88 Å². The van der Waals surface area contributed by atoms with Gasteiger partial charge in [-0.3, -0.25) is 4.79 Å². The molecular formula is C15H24N2O. The number of aromatic amines is 1. The number of Topliss-reactive ketones (excluding diaryl/α,β-unsaturated/α-hetero) is 1. The van der Waals surface area contributed by atoms with E-state index < -0.39 is 0 Å². The first kappa shape index (κ1) is 13.3. The van der Waals surface area contributed by atoms with Crippen LogP contribution in [0.3, 0.4) is 0 Å². The largest absolute Gasteiger partial charge is 0.362 e. The Morgan fingerprint density at radius 3 is 2.33 bits per heavy atom. The van der Waals surface area contributed by atoms with E-state index in [0.29, 0.717) is 12.2 Å². The van der Waals surface area contributed by atoms with Gasteiger partial charge in [0.05, 0.1) is 0 Å². The van der Waals surface area contributed by atoms with Crippen molar-refractivity contribution in [1.29, 1.82) is 0 Å². The molecule has 0 bridgehead atoms. The number of aromatic nitrogens is 1. The molecule has 1 fully saturated rings. The second kappa shape index (κ2) is 5.70. The highest BCUT2D eigenvalue weighted by Gasteiger charge is 2.18. The fourth-order valence-electron chi connectivity index (χ4n) is 2.89. The summed E-state index contributed by atoms with van der Waals surface area (Å²) in [5.74, 6) is 0.292. The lowest BCUT2D eigenvalue weighted by Crippen LogP contribution is -2.31. The van der Waals surface area contributed by atoms with E-state index in [1.807, 2.05) is 20.8 Å². The van der Waals surface area contributed by atoms with E-state index in [1.54, 1.807) is 0 Å². The van der Waals surface area contributed by atoms with E-state index in [0.717, 1.165) is 42.1 Å². The van der Waals surface area contributed by atoms with Crippen LogP contribution in [0.4, 0.5) is 0 Å². The molecule has 2 heterocycles. The van der Waals surface area contributed by atoms with Crippen molar-refractivity contribution in [2.75, 3.05) is 19.6 Å². The molecule has 3 nitrogen and oxygen atoms in total. The van der Waals surface area contributed by atoms with E-state index in [1.165, 1.54) is 19.3 Å². The number of likely N-dealkylation sites (tertiary alicyclic amines) is 1. The van der Waals surface area contributed by atoms with E-state index in [4.69, 9.17) is 0 Å². The number of carbonyl (C=O) groups is 1. The summed E-state index contributed by atoms with van der Waals surface area (Å²) < 4.78 is 0. The maximum Gasteiger partial charge on any atom is 0.166 e. The fraction of sp³-hybridized carbons (Fsp3) is 0.667. The Bertz CT molecular complexity index is 428. The van der Waals surface area contributed by atoms with Gasteiger partial charge in [-0.25, -0.2) is 0 Å². The van der Waals surface area contributed by atoms with Crippen molar-refractivity contribution in [3.05, 3.63) is 22.5 Å². The summed E-state index contributed by atoms with van der Waals surface area (Å²) in [4.78, 5) is 18.0. The highest BCUT2D eigenvalue weighted by Crippen LogP contribution is 2.19. The minimum atomic E-state index is 0.292. The van der Waals surface area contributed by atoms with Gasteiger partial charge in [0.1, 0.15) is 0 Å². The maximum atomic E-state index is 12.3. The zero-order chi connectivity index (χ0) is 13.1. The number of ketones is 1. The smallest absolute Gasteiger partial charge is 0.166 e. The van der Waals surface area contributed by atoms with Gasteiger partial charge in [0.15, 0.2) is 5.78 Å². The lowest BCUT2D eigenvalue weighted by atomic mass is 10.0. The quantitative estimate of drug-likeness (QED) is 0.831. The number of rotatable bonds is 4. The van der Waals surface area contributed by atoms with Crippen molar-refractivity contribution in [3.8, 4) is 0 Å². The molecule has 1 aliphatic rings. The van der Waals surface area contributed by atoms with Gasteiger partial charge >= 0.3 is 0 Å². The van der Waals surface area contributed by atoms with Gasteiger partial charge in [0.2, 0.25) is 0 Å². The lowest BCUT2D eigenvalue weighted by Gasteiger charge is -2.25. The van der Waals surface area contributed by atoms with Crippen LogP contribution in [-0.4, -0.2) is 35.3 Å². The van der Waals surface area contributed by atoms with Crippen LogP contribution in [0.5, 0.6) is 0 Å². The predicted molar refractivity (Wildman–Crippen MR) is 74.2 cm³/mol. The first-order valence-electron chi connectivity index (χ1n) is 7.01. The molecule has 18 heavy (non-hydrogen) atoms. The number of piperidine rings is 1. The summed E-state index contributed by atoms with van der Waals surface area (Å²) in [5, 5.41) is 0. The van der Waals surface area contributed by atoms with Gasteiger partial charge in [-0.05, 0) is 52.3 Å². The lowest BCUT2D eigenvalue weighted by molar-refractivity contribution is 0.0957. The van der Waals surface area contributed by atoms with Crippen molar-refractivity contribution in [3.63, 3.8) is 0 Å². The number of carbonyl (C=O) groups excluding carboxylic acids is 1. The van der Waals surface area contributed by atoms with Crippen molar-refractivity contribution in [2.24, 2.45) is 0 Å². The number of H-pyrrole nitrogens is 1. The number of nitrogens with one attached hydrogen (secondary N) is 1. The minimum Gasteiger partial charge on any atom is -0.362 e. The molecule has 0 spiro atoms. The van der Waals surface area contributed by atoms with Crippen LogP contribution < -0.4 is 0 Å². The highest BCUT2D eigenvalue weighted by atomic mass is 16.1. The first-order valence-corrected chi connectivity index (χ1v) is 7.01. The van der Waals surface area contributed by atoms with Gasteiger partial charge in [0, 0.05) is 29.9 Å². The molecule has 3 heteroatoms. The fourth-order valence-corrected chi connectivity index (χ4v) is 2.89. The summed E-state index contributed by atoms with van der Waals surface area (Å²) in [6.45, 7) is 9.31. The second-order valence-electron chi connectivity index (χ2n) is 5.45. The van der Waals surface area contributed by atoms with Crippen molar-refractivity contribution < 1.29 is 4.79 Å². The van der Waals surface area contributed by atoms with Crippen molar-refractivity contribution >= 4 is 5.78 Å². The number of hydrogen-bond acceptors (Lipinski definition) is 2. The Balaban J connectivity index is 1.95. The minimum absolute atomic E-state index is 0.292. The first-order chi connectivity index (χ1) is 8.59. The molecule has 1 saturated heterocycles. The topological polar surface area (TPSA) is 36.1 Å². The molecular weight excluding hydrogens is 224 g/mol. The molecule has 1 N–H and O–H groups in total. The normalized spacial score (nSPS) is 17.1. The Morgan fingerprint density at radius 1 is 1.11 bits per heavy atom. The van der Waals surface area contributed by atoms with Crippen molar-refractivity contribution in [2.45, 2.75) is 46.5 Å². The molecule has 0 aromatic carbocycles. The number of aryl methyl sites for hydroxylation is 2. The van der Waals surface area contributed by atoms with Crippen LogP contribution in [0.25, 0.3) is 0 Å². The van der Waals surface area contributed by atoms with E-state index in [2.05, 4.69) is 9.88 Å². The molecule has 1 aromatic rings. The average Bonchev–Trinajstić information content (AvgIpc) is 2.62. The van der Waals surface area contributed by atoms with E-state index in [9.17, 15) is 4.79 Å². The highest BCUT2D eigenvalue weighted by molar-refractivity contribution is 5.99. The molecule has 0 aliphatic carbocycles. The second-order valence-corrected chi connectivity index (χ2v) is 5.45. The summed E-state index contributed by atoms with van der Waals surface area (Å²) in [6.07, 6.45) is 4.57. The van der Waals surface area contributed by atoms with Gasteiger partial charge in [-0.1, -0.05) is 6.42 Å². The van der Waals surface area contributed by atoms with Crippen LogP contribution >= 0.6 is 0 Å². The molecule has 0 amide bonds. The zero-order valence-electron chi connectivity index (χ0n) is 11.8. The van der Waals surface area contributed by atoms with Crippen LogP contribution in [0.2, 0.25) is 0 Å². The van der Waals surface area contributed by atoms with E-state index in [-0.39, 0.29) is 0 Å². The van der Waals surface area contributed by atoms with Gasteiger partial charge in [-0.2, -0.15) is 0 Å².